The molecule has 0 bridgehead atoms. The molecule has 0 aliphatic rings. The number of hydrazone groups is 1. The van der Waals surface area contributed by atoms with E-state index in [1.807, 2.05) is 0 Å². The third kappa shape index (κ3) is 5.75. The number of rotatable bonds is 7. The summed E-state index contributed by atoms with van der Waals surface area (Å²) in [5.41, 5.74) is 3.35. The molecule has 0 fully saturated rings. The number of amides is 1. The van der Waals surface area contributed by atoms with Crippen LogP contribution < -0.4 is 14.5 Å². The molecule has 0 saturated heterocycles. The largest absolute Gasteiger partial charge is 0.497 e. The number of benzene rings is 2. The summed E-state index contributed by atoms with van der Waals surface area (Å²) in [6.07, 6.45) is 2.45. The summed E-state index contributed by atoms with van der Waals surface area (Å²) in [6, 6.07) is 13.3. The Labute approximate surface area is 157 Å². The number of nitrogens with zero attached hydrogens (tertiary/aromatic N) is 2. The second-order valence-corrected chi connectivity index (χ2v) is 7.66. The molecule has 0 aliphatic heterocycles. The lowest BCUT2D eigenvalue weighted by Crippen LogP contribution is -2.39. The van der Waals surface area contributed by atoms with Gasteiger partial charge in [0.05, 0.1) is 25.3 Å². The van der Waals surface area contributed by atoms with E-state index in [1.165, 1.54) is 13.3 Å². The highest BCUT2D eigenvalue weighted by Gasteiger charge is 2.20. The molecule has 26 heavy (non-hydrogen) atoms. The van der Waals surface area contributed by atoms with E-state index in [1.54, 1.807) is 48.5 Å². The summed E-state index contributed by atoms with van der Waals surface area (Å²) >= 11 is 5.86. The molecule has 2 rings (SSSR count). The van der Waals surface area contributed by atoms with Crippen molar-refractivity contribution in [2.24, 2.45) is 5.10 Å². The van der Waals surface area contributed by atoms with Gasteiger partial charge < -0.3 is 4.74 Å². The number of hydrogen-bond acceptors (Lipinski definition) is 5. The van der Waals surface area contributed by atoms with Crippen molar-refractivity contribution in [1.82, 2.24) is 5.43 Å². The van der Waals surface area contributed by atoms with Crippen LogP contribution in [0.15, 0.2) is 53.6 Å². The molecule has 0 spiro atoms. The summed E-state index contributed by atoms with van der Waals surface area (Å²) in [4.78, 5) is 12.1. The first-order chi connectivity index (χ1) is 12.3. The van der Waals surface area contributed by atoms with Crippen LogP contribution in [-0.4, -0.2) is 40.4 Å². The molecule has 2 aromatic rings. The Balaban J connectivity index is 2.06. The van der Waals surface area contributed by atoms with Crippen LogP contribution in [-0.2, 0) is 14.8 Å². The minimum absolute atomic E-state index is 0.349. The average molecular weight is 396 g/mol. The van der Waals surface area contributed by atoms with Crippen molar-refractivity contribution in [1.29, 1.82) is 0 Å². The molecule has 2 aromatic carbocycles. The van der Waals surface area contributed by atoms with Gasteiger partial charge >= 0.3 is 0 Å². The monoisotopic (exact) mass is 395 g/mol. The first-order valence-corrected chi connectivity index (χ1v) is 9.71. The van der Waals surface area contributed by atoms with Crippen molar-refractivity contribution in [3.05, 3.63) is 59.1 Å². The topological polar surface area (TPSA) is 88.1 Å². The molecule has 0 saturated carbocycles. The summed E-state index contributed by atoms with van der Waals surface area (Å²) in [6.45, 7) is -0.405. The Hall–Kier alpha value is -2.58. The van der Waals surface area contributed by atoms with Crippen LogP contribution in [0.3, 0.4) is 0 Å². The molecule has 0 atom stereocenters. The van der Waals surface area contributed by atoms with E-state index in [0.717, 1.165) is 10.6 Å². The molecule has 1 N–H and O–H groups in total. The highest BCUT2D eigenvalue weighted by atomic mass is 35.5. The van der Waals surface area contributed by atoms with E-state index in [4.69, 9.17) is 16.3 Å². The van der Waals surface area contributed by atoms with E-state index in [9.17, 15) is 13.2 Å². The van der Waals surface area contributed by atoms with Gasteiger partial charge in [0.2, 0.25) is 10.0 Å². The molecule has 138 valence electrons. The van der Waals surface area contributed by atoms with E-state index < -0.39 is 22.5 Å². The predicted molar refractivity (Wildman–Crippen MR) is 102 cm³/mol. The lowest BCUT2D eigenvalue weighted by atomic mass is 10.2. The van der Waals surface area contributed by atoms with Crippen molar-refractivity contribution < 1.29 is 17.9 Å². The second-order valence-electron chi connectivity index (χ2n) is 5.32. The lowest BCUT2D eigenvalue weighted by Gasteiger charge is -2.21. The van der Waals surface area contributed by atoms with Gasteiger partial charge in [0, 0.05) is 5.02 Å². The molecule has 9 heteroatoms. The predicted octanol–water partition coefficient (Wildman–Crippen LogP) is 2.26. The zero-order chi connectivity index (χ0) is 19.2. The lowest BCUT2D eigenvalue weighted by molar-refractivity contribution is -0.119. The number of methoxy groups -OCH3 is 1. The van der Waals surface area contributed by atoms with Crippen LogP contribution in [0.25, 0.3) is 0 Å². The molecular formula is C17H18ClN3O4S. The third-order valence-corrected chi connectivity index (χ3v) is 4.68. The maximum atomic E-state index is 12.1. The van der Waals surface area contributed by atoms with Gasteiger partial charge in [-0.25, -0.2) is 13.8 Å². The molecule has 7 nitrogen and oxygen atoms in total. The standard InChI is InChI=1S/C17H18ClN3O4S/c1-25-16-8-6-15(7-9-16)21(26(2,23)24)12-17(22)20-19-11-13-4-3-5-14(18)10-13/h3-11H,12H2,1-2H3,(H,20,22)/b19-11+. The fourth-order valence-electron chi connectivity index (χ4n) is 2.08. The van der Waals surface area contributed by atoms with Gasteiger partial charge in [-0.1, -0.05) is 23.7 Å². The maximum absolute atomic E-state index is 12.1. The first-order valence-electron chi connectivity index (χ1n) is 7.49. The van der Waals surface area contributed by atoms with Crippen molar-refractivity contribution >= 4 is 39.4 Å². The van der Waals surface area contributed by atoms with Gasteiger partial charge in [0.1, 0.15) is 12.3 Å². The number of hydrogen-bond donors (Lipinski definition) is 1. The Morgan fingerprint density at radius 2 is 1.96 bits per heavy atom. The summed E-state index contributed by atoms with van der Waals surface area (Å²) in [7, 11) is -2.14. The molecule has 0 aromatic heterocycles. The Morgan fingerprint density at radius 3 is 2.54 bits per heavy atom. The van der Waals surface area contributed by atoms with Gasteiger partial charge in [0.15, 0.2) is 0 Å². The highest BCUT2D eigenvalue weighted by molar-refractivity contribution is 7.92. The van der Waals surface area contributed by atoms with Gasteiger partial charge in [0.25, 0.3) is 5.91 Å². The highest BCUT2D eigenvalue weighted by Crippen LogP contribution is 2.21. The Bertz CT molecular complexity index is 898. The van der Waals surface area contributed by atoms with E-state index in [2.05, 4.69) is 10.5 Å². The van der Waals surface area contributed by atoms with Crippen LogP contribution in [0, 0.1) is 0 Å². The molecule has 1 amide bonds. The van der Waals surface area contributed by atoms with Gasteiger partial charge in [-0.3, -0.25) is 9.10 Å². The summed E-state index contributed by atoms with van der Waals surface area (Å²) in [5, 5.41) is 4.36. The SMILES string of the molecule is COc1ccc(N(CC(=O)N/N=C/c2cccc(Cl)c2)S(C)(=O)=O)cc1. The van der Waals surface area contributed by atoms with Crippen LogP contribution in [0.1, 0.15) is 5.56 Å². The molecule has 0 unspecified atom stereocenters. The summed E-state index contributed by atoms with van der Waals surface area (Å²) in [5.74, 6) is 0.00213. The van der Waals surface area contributed by atoms with Crippen LogP contribution >= 0.6 is 11.6 Å². The number of carbonyl (C=O) groups excluding carboxylic acids is 1. The van der Waals surface area contributed by atoms with E-state index in [0.29, 0.717) is 22.0 Å². The van der Waals surface area contributed by atoms with Gasteiger partial charge in [-0.05, 0) is 42.0 Å². The number of nitrogens with one attached hydrogen (secondary N) is 1. The third-order valence-electron chi connectivity index (χ3n) is 3.30. The quantitative estimate of drug-likeness (QED) is 0.575. The summed E-state index contributed by atoms with van der Waals surface area (Å²) < 4.78 is 30.1. The minimum atomic E-state index is -3.65. The number of sulfonamides is 1. The first kappa shape index (κ1) is 19.7. The van der Waals surface area contributed by atoms with E-state index >= 15 is 0 Å². The average Bonchev–Trinajstić information content (AvgIpc) is 2.59. The smallest absolute Gasteiger partial charge is 0.260 e. The number of carbonyl (C=O) groups is 1. The Morgan fingerprint density at radius 1 is 1.27 bits per heavy atom. The molecule has 0 radical (unpaired) electrons. The minimum Gasteiger partial charge on any atom is -0.497 e. The van der Waals surface area contributed by atoms with E-state index in [-0.39, 0.29) is 0 Å². The molecular weight excluding hydrogens is 378 g/mol. The van der Waals surface area contributed by atoms with Gasteiger partial charge in [-0.2, -0.15) is 5.10 Å². The zero-order valence-electron chi connectivity index (χ0n) is 14.2. The van der Waals surface area contributed by atoms with Crippen LogP contribution in [0.2, 0.25) is 5.02 Å². The normalized spacial score (nSPS) is 11.3. The number of ether oxygens (including phenoxy) is 1. The van der Waals surface area contributed by atoms with Crippen molar-refractivity contribution in [3.8, 4) is 5.75 Å². The van der Waals surface area contributed by atoms with Crippen molar-refractivity contribution in [3.63, 3.8) is 0 Å². The van der Waals surface area contributed by atoms with Crippen molar-refractivity contribution in [2.45, 2.75) is 0 Å². The van der Waals surface area contributed by atoms with Gasteiger partial charge in [-0.15, -0.1) is 0 Å². The second kappa shape index (κ2) is 8.68. The maximum Gasteiger partial charge on any atom is 0.260 e. The molecule has 0 heterocycles. The Kier molecular flexibility index (Phi) is 6.59. The fraction of sp³-hybridized carbons (Fsp3) is 0.176. The number of halogens is 1. The number of anilines is 1. The van der Waals surface area contributed by atoms with Crippen LogP contribution in [0.5, 0.6) is 5.75 Å². The molecule has 0 aliphatic carbocycles. The van der Waals surface area contributed by atoms with Crippen LogP contribution in [0.4, 0.5) is 5.69 Å². The van der Waals surface area contributed by atoms with Crippen molar-refractivity contribution in [2.75, 3.05) is 24.2 Å². The zero-order valence-corrected chi connectivity index (χ0v) is 15.8. The fourth-order valence-corrected chi connectivity index (χ4v) is 3.14.